The van der Waals surface area contributed by atoms with E-state index in [2.05, 4.69) is 34.9 Å². The molecule has 19 heavy (non-hydrogen) atoms. The summed E-state index contributed by atoms with van der Waals surface area (Å²) in [5.41, 5.74) is 2.30. The lowest BCUT2D eigenvalue weighted by atomic mass is 9.99. The van der Waals surface area contributed by atoms with E-state index in [0.717, 1.165) is 11.1 Å². The molecule has 2 aromatic rings. The van der Waals surface area contributed by atoms with Gasteiger partial charge in [-0.2, -0.15) is 0 Å². The number of carbonyl (C=O) groups excluding carboxylic acids is 1. The van der Waals surface area contributed by atoms with Crippen LogP contribution in [0.2, 0.25) is 0 Å². The van der Waals surface area contributed by atoms with E-state index in [1.54, 1.807) is 7.05 Å². The Morgan fingerprint density at radius 3 is 1.84 bits per heavy atom. The fraction of sp³-hybridized carbons (Fsp3) is 0.188. The predicted molar refractivity (Wildman–Crippen MR) is 76.8 cm³/mol. The highest BCUT2D eigenvalue weighted by Gasteiger charge is 2.13. The van der Waals surface area contributed by atoms with Crippen LogP contribution in [0.15, 0.2) is 60.7 Å². The third kappa shape index (κ3) is 3.66. The first kappa shape index (κ1) is 13.3. The lowest BCUT2D eigenvalue weighted by Crippen LogP contribution is -2.34. The quantitative estimate of drug-likeness (QED) is 0.858. The molecule has 3 heteroatoms. The first-order chi connectivity index (χ1) is 9.31. The van der Waals surface area contributed by atoms with Crippen LogP contribution in [0, 0.1) is 0 Å². The van der Waals surface area contributed by atoms with Gasteiger partial charge in [-0.3, -0.25) is 10.1 Å². The number of benzene rings is 2. The minimum Gasteiger partial charge on any atom is -0.358 e. The molecule has 0 bridgehead atoms. The van der Waals surface area contributed by atoms with Crippen molar-refractivity contribution in [2.75, 3.05) is 13.6 Å². The summed E-state index contributed by atoms with van der Waals surface area (Å²) >= 11 is 0. The van der Waals surface area contributed by atoms with Crippen molar-refractivity contribution in [2.24, 2.45) is 0 Å². The van der Waals surface area contributed by atoms with Crippen LogP contribution in [-0.4, -0.2) is 19.5 Å². The first-order valence-electron chi connectivity index (χ1n) is 6.35. The van der Waals surface area contributed by atoms with E-state index in [4.69, 9.17) is 0 Å². The highest BCUT2D eigenvalue weighted by molar-refractivity contribution is 5.77. The van der Waals surface area contributed by atoms with E-state index >= 15 is 0 Å². The van der Waals surface area contributed by atoms with Crippen LogP contribution in [0.25, 0.3) is 0 Å². The van der Waals surface area contributed by atoms with Crippen molar-refractivity contribution >= 4 is 5.91 Å². The Morgan fingerprint density at radius 2 is 1.42 bits per heavy atom. The zero-order valence-electron chi connectivity index (χ0n) is 11.0. The molecule has 0 aliphatic carbocycles. The van der Waals surface area contributed by atoms with E-state index in [0.29, 0.717) is 6.54 Å². The third-order valence-corrected chi connectivity index (χ3v) is 3.01. The monoisotopic (exact) mass is 254 g/mol. The van der Waals surface area contributed by atoms with Gasteiger partial charge < -0.3 is 5.32 Å². The number of nitrogens with one attached hydrogen (secondary N) is 2. The Kier molecular flexibility index (Phi) is 4.70. The molecule has 0 radical (unpaired) electrons. The van der Waals surface area contributed by atoms with Gasteiger partial charge in [0.2, 0.25) is 5.91 Å². The van der Waals surface area contributed by atoms with E-state index in [1.807, 2.05) is 36.4 Å². The predicted octanol–water partition coefficient (Wildman–Crippen LogP) is 2.11. The van der Waals surface area contributed by atoms with Gasteiger partial charge in [0.05, 0.1) is 12.6 Å². The topological polar surface area (TPSA) is 41.1 Å². The molecule has 0 saturated carbocycles. The van der Waals surface area contributed by atoms with Crippen molar-refractivity contribution < 1.29 is 4.79 Å². The second-order valence-corrected chi connectivity index (χ2v) is 4.31. The Bertz CT molecular complexity index is 471. The maximum absolute atomic E-state index is 11.4. The van der Waals surface area contributed by atoms with Gasteiger partial charge in [0.1, 0.15) is 0 Å². The molecule has 0 atom stereocenters. The normalized spacial score (nSPS) is 10.4. The van der Waals surface area contributed by atoms with Crippen LogP contribution >= 0.6 is 0 Å². The molecule has 0 aliphatic heterocycles. The van der Waals surface area contributed by atoms with Crippen molar-refractivity contribution in [1.29, 1.82) is 0 Å². The molecule has 0 fully saturated rings. The standard InChI is InChI=1S/C16H18N2O/c1-17-15(19)12-18-16(13-8-4-2-5-9-13)14-10-6-3-7-11-14/h2-11,16,18H,12H2,1H3,(H,17,19). The summed E-state index contributed by atoms with van der Waals surface area (Å²) in [6, 6.07) is 20.3. The number of amides is 1. The maximum atomic E-state index is 11.4. The van der Waals surface area contributed by atoms with Gasteiger partial charge >= 0.3 is 0 Å². The van der Waals surface area contributed by atoms with Gasteiger partial charge in [-0.1, -0.05) is 60.7 Å². The molecular weight excluding hydrogens is 236 g/mol. The minimum absolute atomic E-state index is 0.0168. The smallest absolute Gasteiger partial charge is 0.233 e. The summed E-state index contributed by atoms with van der Waals surface area (Å²) in [5, 5.41) is 5.91. The van der Waals surface area contributed by atoms with Crippen LogP contribution in [0.1, 0.15) is 17.2 Å². The summed E-state index contributed by atoms with van der Waals surface area (Å²) in [6.45, 7) is 0.297. The van der Waals surface area contributed by atoms with Crippen molar-refractivity contribution in [1.82, 2.24) is 10.6 Å². The van der Waals surface area contributed by atoms with E-state index < -0.39 is 0 Å². The molecule has 0 aliphatic rings. The molecule has 2 rings (SSSR count). The molecule has 2 aromatic carbocycles. The zero-order chi connectivity index (χ0) is 13.5. The highest BCUT2D eigenvalue weighted by atomic mass is 16.1. The maximum Gasteiger partial charge on any atom is 0.233 e. The molecule has 1 amide bonds. The van der Waals surface area contributed by atoms with E-state index in [9.17, 15) is 4.79 Å². The average Bonchev–Trinajstić information content (AvgIpc) is 2.49. The Balaban J connectivity index is 2.21. The summed E-state index contributed by atoms with van der Waals surface area (Å²) < 4.78 is 0. The van der Waals surface area contributed by atoms with Gasteiger partial charge in [-0.25, -0.2) is 0 Å². The fourth-order valence-corrected chi connectivity index (χ4v) is 2.00. The number of rotatable bonds is 5. The molecule has 0 heterocycles. The largest absolute Gasteiger partial charge is 0.358 e. The van der Waals surface area contributed by atoms with E-state index in [-0.39, 0.29) is 11.9 Å². The van der Waals surface area contributed by atoms with Crippen molar-refractivity contribution in [3.8, 4) is 0 Å². The molecule has 3 nitrogen and oxygen atoms in total. The molecule has 0 spiro atoms. The van der Waals surface area contributed by atoms with Gasteiger partial charge in [0, 0.05) is 7.05 Å². The van der Waals surface area contributed by atoms with Crippen LogP contribution in [-0.2, 0) is 4.79 Å². The molecule has 0 unspecified atom stereocenters. The van der Waals surface area contributed by atoms with Crippen LogP contribution < -0.4 is 10.6 Å². The molecule has 0 saturated heterocycles. The lowest BCUT2D eigenvalue weighted by Gasteiger charge is -2.19. The van der Waals surface area contributed by atoms with Crippen LogP contribution in [0.4, 0.5) is 0 Å². The Hall–Kier alpha value is -2.13. The summed E-state index contributed by atoms with van der Waals surface area (Å²) in [7, 11) is 1.64. The summed E-state index contributed by atoms with van der Waals surface area (Å²) in [5.74, 6) is -0.0168. The van der Waals surface area contributed by atoms with Gasteiger partial charge in [0.25, 0.3) is 0 Å². The van der Waals surface area contributed by atoms with Crippen LogP contribution in [0.5, 0.6) is 0 Å². The lowest BCUT2D eigenvalue weighted by molar-refractivity contribution is -0.119. The average molecular weight is 254 g/mol. The molecule has 98 valence electrons. The zero-order valence-corrected chi connectivity index (χ0v) is 11.0. The second kappa shape index (κ2) is 6.71. The number of hydrogen-bond acceptors (Lipinski definition) is 2. The van der Waals surface area contributed by atoms with Crippen LogP contribution in [0.3, 0.4) is 0 Å². The van der Waals surface area contributed by atoms with Crippen molar-refractivity contribution in [2.45, 2.75) is 6.04 Å². The fourth-order valence-electron chi connectivity index (χ4n) is 2.00. The number of carbonyl (C=O) groups is 1. The highest BCUT2D eigenvalue weighted by Crippen LogP contribution is 2.21. The summed E-state index contributed by atoms with van der Waals surface area (Å²) in [6.07, 6.45) is 0. The van der Waals surface area contributed by atoms with Gasteiger partial charge in [-0.15, -0.1) is 0 Å². The SMILES string of the molecule is CNC(=O)CNC(c1ccccc1)c1ccccc1. The van der Waals surface area contributed by atoms with Crippen molar-refractivity contribution in [3.63, 3.8) is 0 Å². The first-order valence-corrected chi connectivity index (χ1v) is 6.35. The summed E-state index contributed by atoms with van der Waals surface area (Å²) in [4.78, 5) is 11.4. The van der Waals surface area contributed by atoms with Crippen molar-refractivity contribution in [3.05, 3.63) is 71.8 Å². The van der Waals surface area contributed by atoms with Gasteiger partial charge in [0.15, 0.2) is 0 Å². The third-order valence-electron chi connectivity index (χ3n) is 3.01. The Labute approximate surface area is 113 Å². The molecule has 0 aromatic heterocycles. The molecule has 2 N–H and O–H groups in total. The Morgan fingerprint density at radius 1 is 0.947 bits per heavy atom. The minimum atomic E-state index is -0.0168. The molecular formula is C16H18N2O. The number of hydrogen-bond donors (Lipinski definition) is 2. The second-order valence-electron chi connectivity index (χ2n) is 4.31. The van der Waals surface area contributed by atoms with E-state index in [1.165, 1.54) is 0 Å². The number of likely N-dealkylation sites (N-methyl/N-ethyl adjacent to an activating group) is 1. The van der Waals surface area contributed by atoms with Gasteiger partial charge in [-0.05, 0) is 11.1 Å².